The number of ketones is 1. The molecule has 0 saturated heterocycles. The number of nitrogens with one attached hydrogen (secondary N) is 1. The van der Waals surface area contributed by atoms with Crippen LogP contribution >= 0.6 is 0 Å². The molecule has 1 heterocycles. The molecule has 3 aromatic rings. The van der Waals surface area contributed by atoms with Crippen molar-refractivity contribution in [2.45, 2.75) is 31.2 Å². The van der Waals surface area contributed by atoms with Crippen LogP contribution in [0.3, 0.4) is 0 Å². The van der Waals surface area contributed by atoms with Crippen molar-refractivity contribution >= 4 is 39.1 Å². The Morgan fingerprint density at radius 3 is 2.46 bits per heavy atom. The zero-order valence-electron chi connectivity index (χ0n) is 19.2. The normalized spacial score (nSPS) is 14.8. The van der Waals surface area contributed by atoms with Gasteiger partial charge in [0.05, 0.1) is 16.1 Å². The van der Waals surface area contributed by atoms with Gasteiger partial charge in [0, 0.05) is 17.3 Å². The van der Waals surface area contributed by atoms with Crippen LogP contribution in [-0.4, -0.2) is 38.7 Å². The van der Waals surface area contributed by atoms with Gasteiger partial charge < -0.3 is 10.1 Å². The Morgan fingerprint density at radius 1 is 0.971 bits per heavy atom. The number of nitrogens with zero attached hydrogens (tertiary/aromatic N) is 1. The number of sulfonamides is 1. The average molecular weight is 493 g/mol. The third-order valence-corrected chi connectivity index (χ3v) is 7.58. The quantitative estimate of drug-likeness (QED) is 0.397. The number of ether oxygens (including phenoxy) is 1. The minimum atomic E-state index is -3.92. The maximum absolute atomic E-state index is 13.4. The predicted molar refractivity (Wildman–Crippen MR) is 131 cm³/mol. The fourth-order valence-electron chi connectivity index (χ4n) is 4.03. The molecular formula is C26H24N2O6S. The number of esters is 1. The maximum Gasteiger partial charge on any atom is 0.338 e. The zero-order valence-corrected chi connectivity index (χ0v) is 20.0. The molecule has 8 nitrogen and oxygen atoms in total. The van der Waals surface area contributed by atoms with E-state index in [0.29, 0.717) is 23.4 Å². The van der Waals surface area contributed by atoms with Crippen molar-refractivity contribution in [3.05, 3.63) is 89.5 Å². The van der Waals surface area contributed by atoms with Gasteiger partial charge in [-0.2, -0.15) is 0 Å². The molecule has 1 unspecified atom stereocenters. The van der Waals surface area contributed by atoms with Crippen LogP contribution < -0.4 is 9.62 Å². The van der Waals surface area contributed by atoms with Gasteiger partial charge in [-0.1, -0.05) is 36.4 Å². The minimum Gasteiger partial charge on any atom is -0.452 e. The highest BCUT2D eigenvalue weighted by Gasteiger charge is 2.36. The van der Waals surface area contributed by atoms with E-state index in [0.717, 1.165) is 5.56 Å². The van der Waals surface area contributed by atoms with Crippen molar-refractivity contribution in [1.29, 1.82) is 0 Å². The standard InChI is InChI=1S/C26H24N2O6S/c1-17-13-20-7-3-4-12-24(20)28(17)35(32,33)23-11-6-9-21(15-23)26(31)34-16-25(30)27-22-10-5-8-19(14-22)18(2)29/h3-12,14-15,17H,13,16H2,1-2H3,(H,27,30). The topological polar surface area (TPSA) is 110 Å². The second-order valence-electron chi connectivity index (χ2n) is 8.27. The predicted octanol–water partition coefficient (Wildman–Crippen LogP) is 3.82. The number of Topliss-reactive ketones (excluding diaryl/α,β-unsaturated/α-hetero) is 1. The van der Waals surface area contributed by atoms with Crippen LogP contribution in [-0.2, 0) is 26.0 Å². The van der Waals surface area contributed by atoms with E-state index in [1.54, 1.807) is 30.3 Å². The molecule has 35 heavy (non-hydrogen) atoms. The van der Waals surface area contributed by atoms with Crippen molar-refractivity contribution in [3.8, 4) is 0 Å². The largest absolute Gasteiger partial charge is 0.452 e. The molecule has 0 saturated carbocycles. The summed E-state index contributed by atoms with van der Waals surface area (Å²) in [6.45, 7) is 2.68. The van der Waals surface area contributed by atoms with E-state index in [-0.39, 0.29) is 22.3 Å². The number of fused-ring (bicyclic) bond motifs is 1. The van der Waals surface area contributed by atoms with Crippen molar-refractivity contribution < 1.29 is 27.5 Å². The Balaban J connectivity index is 1.45. The molecule has 1 aliphatic rings. The first-order valence-electron chi connectivity index (χ1n) is 11.0. The summed E-state index contributed by atoms with van der Waals surface area (Å²) in [6.07, 6.45) is 0.599. The molecule has 0 radical (unpaired) electrons. The highest BCUT2D eigenvalue weighted by Crippen LogP contribution is 2.36. The van der Waals surface area contributed by atoms with E-state index in [1.807, 2.05) is 19.1 Å². The summed E-state index contributed by atoms with van der Waals surface area (Å²) in [5.41, 5.74) is 2.41. The molecule has 180 valence electrons. The number of amides is 1. The molecule has 0 aliphatic carbocycles. The van der Waals surface area contributed by atoms with Gasteiger partial charge in [-0.15, -0.1) is 0 Å². The molecule has 3 aromatic carbocycles. The van der Waals surface area contributed by atoms with Crippen molar-refractivity contribution in [2.75, 3.05) is 16.2 Å². The van der Waals surface area contributed by atoms with Gasteiger partial charge in [-0.3, -0.25) is 13.9 Å². The third-order valence-electron chi connectivity index (χ3n) is 5.66. The summed E-state index contributed by atoms with van der Waals surface area (Å²) in [7, 11) is -3.92. The number of hydrogen-bond donors (Lipinski definition) is 1. The van der Waals surface area contributed by atoms with Crippen LogP contribution in [0.5, 0.6) is 0 Å². The fourth-order valence-corrected chi connectivity index (χ4v) is 5.77. The number of carbonyl (C=O) groups excluding carboxylic acids is 3. The number of rotatable bonds is 7. The van der Waals surface area contributed by atoms with Gasteiger partial charge in [-0.25, -0.2) is 13.2 Å². The molecule has 0 bridgehead atoms. The van der Waals surface area contributed by atoms with Gasteiger partial charge in [0.15, 0.2) is 12.4 Å². The molecule has 4 rings (SSSR count). The molecule has 0 aromatic heterocycles. The van der Waals surface area contributed by atoms with E-state index in [4.69, 9.17) is 4.74 Å². The van der Waals surface area contributed by atoms with Gasteiger partial charge >= 0.3 is 5.97 Å². The number of para-hydroxylation sites is 1. The van der Waals surface area contributed by atoms with Gasteiger partial charge in [0.2, 0.25) is 0 Å². The summed E-state index contributed by atoms with van der Waals surface area (Å²) in [5, 5.41) is 2.56. The summed E-state index contributed by atoms with van der Waals surface area (Å²) < 4.78 is 33.3. The van der Waals surface area contributed by atoms with E-state index in [2.05, 4.69) is 5.32 Å². The lowest BCUT2D eigenvalue weighted by molar-refractivity contribution is -0.119. The van der Waals surface area contributed by atoms with Crippen LogP contribution in [0.1, 0.15) is 40.1 Å². The van der Waals surface area contributed by atoms with Crippen LogP contribution in [0.25, 0.3) is 0 Å². The Kier molecular flexibility index (Phi) is 6.70. The van der Waals surface area contributed by atoms with Crippen LogP contribution in [0, 0.1) is 0 Å². The SMILES string of the molecule is CC(=O)c1cccc(NC(=O)COC(=O)c2cccc(S(=O)(=O)N3c4ccccc4CC3C)c2)c1. The third kappa shape index (κ3) is 5.09. The summed E-state index contributed by atoms with van der Waals surface area (Å²) in [4.78, 5) is 36.2. The number of benzene rings is 3. The number of hydrogen-bond acceptors (Lipinski definition) is 6. The second kappa shape index (κ2) is 9.71. The highest BCUT2D eigenvalue weighted by molar-refractivity contribution is 7.92. The van der Waals surface area contributed by atoms with Crippen LogP contribution in [0.4, 0.5) is 11.4 Å². The molecular weight excluding hydrogens is 468 g/mol. The van der Waals surface area contributed by atoms with E-state index >= 15 is 0 Å². The van der Waals surface area contributed by atoms with Crippen LogP contribution in [0.2, 0.25) is 0 Å². The Labute approximate surface area is 203 Å². The highest BCUT2D eigenvalue weighted by atomic mass is 32.2. The number of carbonyl (C=O) groups is 3. The van der Waals surface area contributed by atoms with E-state index in [1.165, 1.54) is 41.6 Å². The maximum atomic E-state index is 13.4. The fraction of sp³-hybridized carbons (Fsp3) is 0.192. The lowest BCUT2D eigenvalue weighted by atomic mass is 10.1. The molecule has 0 fully saturated rings. The Bertz CT molecular complexity index is 1420. The van der Waals surface area contributed by atoms with Gasteiger partial charge in [0.1, 0.15) is 0 Å². The first kappa shape index (κ1) is 24.2. The smallest absolute Gasteiger partial charge is 0.338 e. The van der Waals surface area contributed by atoms with E-state index < -0.39 is 28.5 Å². The zero-order chi connectivity index (χ0) is 25.2. The van der Waals surface area contributed by atoms with Gasteiger partial charge in [-0.05, 0) is 62.2 Å². The Morgan fingerprint density at radius 2 is 1.69 bits per heavy atom. The first-order chi connectivity index (χ1) is 16.7. The van der Waals surface area contributed by atoms with Crippen molar-refractivity contribution in [1.82, 2.24) is 0 Å². The summed E-state index contributed by atoms with van der Waals surface area (Å²) >= 11 is 0. The Hall–Kier alpha value is -3.98. The lowest BCUT2D eigenvalue weighted by Gasteiger charge is -2.24. The van der Waals surface area contributed by atoms with E-state index in [9.17, 15) is 22.8 Å². The first-order valence-corrected chi connectivity index (χ1v) is 12.4. The van der Waals surface area contributed by atoms with Crippen LogP contribution in [0.15, 0.2) is 77.7 Å². The summed E-state index contributed by atoms with van der Waals surface area (Å²) in [5.74, 6) is -1.57. The number of anilines is 2. The molecule has 1 aliphatic heterocycles. The average Bonchev–Trinajstić information content (AvgIpc) is 3.19. The van der Waals surface area contributed by atoms with Crippen molar-refractivity contribution in [3.63, 3.8) is 0 Å². The second-order valence-corrected chi connectivity index (χ2v) is 10.1. The minimum absolute atomic E-state index is 0.0117. The molecule has 1 N–H and O–H groups in total. The molecule has 1 amide bonds. The lowest BCUT2D eigenvalue weighted by Crippen LogP contribution is -2.35. The molecule has 0 spiro atoms. The van der Waals surface area contributed by atoms with Crippen molar-refractivity contribution in [2.24, 2.45) is 0 Å². The summed E-state index contributed by atoms with van der Waals surface area (Å²) in [6, 6.07) is 19.0. The van der Waals surface area contributed by atoms with Gasteiger partial charge in [0.25, 0.3) is 15.9 Å². The monoisotopic (exact) mass is 492 g/mol. The molecule has 1 atom stereocenters. The molecule has 9 heteroatoms.